The van der Waals surface area contributed by atoms with E-state index in [1.807, 2.05) is 0 Å². The topological polar surface area (TPSA) is 69.4 Å². The van der Waals surface area contributed by atoms with Gasteiger partial charge in [-0.15, -0.1) is 0 Å². The van der Waals surface area contributed by atoms with Crippen LogP contribution in [0.3, 0.4) is 0 Å². The summed E-state index contributed by atoms with van der Waals surface area (Å²) >= 11 is 5.59. The molecule has 126 valence electrons. The Balaban J connectivity index is 2.49. The minimum absolute atomic E-state index is 0.0342. The number of halogens is 5. The minimum atomic E-state index is -4.82. The van der Waals surface area contributed by atoms with Crippen LogP contribution in [-0.2, 0) is 6.18 Å². The summed E-state index contributed by atoms with van der Waals surface area (Å²) in [4.78, 5) is 20.7. The van der Waals surface area contributed by atoms with Crippen molar-refractivity contribution in [3.63, 3.8) is 0 Å². The van der Waals surface area contributed by atoms with Crippen LogP contribution in [0.5, 0.6) is 11.5 Å². The molecule has 0 saturated carbocycles. The van der Waals surface area contributed by atoms with Crippen molar-refractivity contribution in [2.24, 2.45) is 0 Å². The second-order valence-electron chi connectivity index (χ2n) is 4.47. The number of nitro groups is 1. The predicted octanol–water partition coefficient (Wildman–Crippen LogP) is 5.01. The van der Waals surface area contributed by atoms with E-state index in [0.717, 1.165) is 18.2 Å². The molecule has 0 fully saturated rings. The number of aldehydes is 1. The molecule has 0 bridgehead atoms. The molecule has 0 aromatic heterocycles. The monoisotopic (exact) mass is 363 g/mol. The maximum Gasteiger partial charge on any atom is 0.416 e. The predicted molar refractivity (Wildman–Crippen MR) is 75.0 cm³/mol. The molecular weight excluding hydrogens is 358 g/mol. The van der Waals surface area contributed by atoms with E-state index in [-0.39, 0.29) is 11.6 Å². The average Bonchev–Trinajstić information content (AvgIpc) is 2.49. The largest absolute Gasteiger partial charge is 0.445 e. The molecule has 0 aliphatic rings. The number of nitrogens with zero attached hydrogens (tertiary/aromatic N) is 1. The fourth-order valence-corrected chi connectivity index (χ4v) is 2.01. The van der Waals surface area contributed by atoms with Crippen molar-refractivity contribution in [2.45, 2.75) is 6.18 Å². The van der Waals surface area contributed by atoms with Crippen LogP contribution < -0.4 is 4.74 Å². The molecule has 0 aliphatic carbocycles. The highest BCUT2D eigenvalue weighted by atomic mass is 35.5. The molecule has 0 N–H and O–H groups in total. The number of hydrogen-bond acceptors (Lipinski definition) is 4. The number of ether oxygens (including phenoxy) is 1. The third kappa shape index (κ3) is 3.62. The van der Waals surface area contributed by atoms with E-state index < -0.39 is 44.7 Å². The standard InChI is InChI=1S/C14H6ClF4NO4/c15-9-4-8(14(17,18)19)5-10(16)13(9)24-12-2-1-7(6-21)3-11(12)20(22)23/h1-6H. The van der Waals surface area contributed by atoms with Crippen molar-refractivity contribution in [1.82, 2.24) is 0 Å². The Morgan fingerprint density at radius 2 is 1.88 bits per heavy atom. The minimum Gasteiger partial charge on any atom is -0.445 e. The van der Waals surface area contributed by atoms with E-state index in [2.05, 4.69) is 0 Å². The van der Waals surface area contributed by atoms with Crippen LogP contribution in [0.4, 0.5) is 23.2 Å². The second kappa shape index (κ2) is 6.44. The normalized spacial score (nSPS) is 11.2. The molecular formula is C14H6ClF4NO4. The van der Waals surface area contributed by atoms with Gasteiger partial charge in [0, 0.05) is 11.6 Å². The van der Waals surface area contributed by atoms with Crippen molar-refractivity contribution in [2.75, 3.05) is 0 Å². The Kier molecular flexibility index (Phi) is 4.74. The Bertz CT molecular complexity index is 800. The molecule has 0 heterocycles. The molecule has 0 amide bonds. The van der Waals surface area contributed by atoms with Crippen LogP contribution in [0.1, 0.15) is 15.9 Å². The maximum absolute atomic E-state index is 13.9. The summed E-state index contributed by atoms with van der Waals surface area (Å²) in [5, 5.41) is 10.3. The summed E-state index contributed by atoms with van der Waals surface area (Å²) in [5.41, 5.74) is -2.04. The fraction of sp³-hybridized carbons (Fsp3) is 0.0714. The smallest absolute Gasteiger partial charge is 0.416 e. The Labute approximate surface area is 136 Å². The van der Waals surface area contributed by atoms with Crippen molar-refractivity contribution < 1.29 is 32.0 Å². The van der Waals surface area contributed by atoms with E-state index in [1.165, 1.54) is 0 Å². The molecule has 0 spiro atoms. The third-order valence-electron chi connectivity index (χ3n) is 2.85. The maximum atomic E-state index is 13.9. The fourth-order valence-electron chi connectivity index (χ4n) is 1.77. The van der Waals surface area contributed by atoms with Crippen molar-refractivity contribution in [3.05, 3.63) is 62.4 Å². The lowest BCUT2D eigenvalue weighted by Crippen LogP contribution is -2.06. The van der Waals surface area contributed by atoms with Gasteiger partial charge in [-0.1, -0.05) is 11.6 Å². The summed E-state index contributed by atoms with van der Waals surface area (Å²) < 4.78 is 56.6. The molecule has 2 aromatic rings. The van der Waals surface area contributed by atoms with E-state index in [9.17, 15) is 32.5 Å². The number of carbonyl (C=O) groups excluding carboxylic acids is 1. The van der Waals surface area contributed by atoms with Crippen molar-refractivity contribution in [1.29, 1.82) is 0 Å². The lowest BCUT2D eigenvalue weighted by Gasteiger charge is -2.12. The van der Waals surface area contributed by atoms with Gasteiger partial charge >= 0.3 is 11.9 Å². The highest BCUT2D eigenvalue weighted by molar-refractivity contribution is 6.32. The van der Waals surface area contributed by atoms with E-state index in [4.69, 9.17) is 16.3 Å². The number of carbonyl (C=O) groups is 1. The van der Waals surface area contributed by atoms with Gasteiger partial charge in [0.2, 0.25) is 5.75 Å². The van der Waals surface area contributed by atoms with Gasteiger partial charge in [-0.2, -0.15) is 13.2 Å². The summed E-state index contributed by atoms with van der Waals surface area (Å²) in [5.74, 6) is -2.72. The van der Waals surface area contributed by atoms with Gasteiger partial charge in [-0.3, -0.25) is 14.9 Å². The highest BCUT2D eigenvalue weighted by Gasteiger charge is 2.33. The summed E-state index contributed by atoms with van der Waals surface area (Å²) in [6.07, 6.45) is -4.47. The highest BCUT2D eigenvalue weighted by Crippen LogP contribution is 2.40. The van der Waals surface area contributed by atoms with Crippen molar-refractivity contribution in [3.8, 4) is 11.5 Å². The molecule has 2 aromatic carbocycles. The molecule has 0 radical (unpaired) electrons. The zero-order valence-electron chi connectivity index (χ0n) is 11.4. The molecule has 2 rings (SSSR count). The zero-order chi connectivity index (χ0) is 18.1. The van der Waals surface area contributed by atoms with Crippen LogP contribution in [0.2, 0.25) is 5.02 Å². The average molecular weight is 364 g/mol. The van der Waals surface area contributed by atoms with Crippen LogP contribution in [-0.4, -0.2) is 11.2 Å². The number of rotatable bonds is 4. The lowest BCUT2D eigenvalue weighted by molar-refractivity contribution is -0.385. The first kappa shape index (κ1) is 17.7. The molecule has 0 atom stereocenters. The van der Waals surface area contributed by atoms with Crippen LogP contribution in [0, 0.1) is 15.9 Å². The van der Waals surface area contributed by atoms with Gasteiger partial charge in [0.1, 0.15) is 6.29 Å². The van der Waals surface area contributed by atoms with E-state index >= 15 is 0 Å². The number of benzene rings is 2. The van der Waals surface area contributed by atoms with Crippen LogP contribution in [0.15, 0.2) is 30.3 Å². The summed E-state index contributed by atoms with van der Waals surface area (Å²) in [6.45, 7) is 0. The number of alkyl halides is 3. The van der Waals surface area contributed by atoms with Gasteiger partial charge in [0.15, 0.2) is 11.6 Å². The summed E-state index contributed by atoms with van der Waals surface area (Å²) in [6, 6.07) is 3.64. The Hall–Kier alpha value is -2.68. The number of nitro benzene ring substituents is 1. The number of hydrogen-bond donors (Lipinski definition) is 0. The Morgan fingerprint density at radius 3 is 2.38 bits per heavy atom. The zero-order valence-corrected chi connectivity index (χ0v) is 12.2. The molecule has 5 nitrogen and oxygen atoms in total. The lowest BCUT2D eigenvalue weighted by atomic mass is 10.2. The third-order valence-corrected chi connectivity index (χ3v) is 3.13. The van der Waals surface area contributed by atoms with Gasteiger partial charge in [0.25, 0.3) is 0 Å². The molecule has 10 heteroatoms. The van der Waals surface area contributed by atoms with Gasteiger partial charge in [0.05, 0.1) is 15.5 Å². The SMILES string of the molecule is O=Cc1ccc(Oc2c(F)cc(C(F)(F)F)cc2Cl)c([N+](=O)[O-])c1. The van der Waals surface area contributed by atoms with Gasteiger partial charge in [-0.25, -0.2) is 4.39 Å². The van der Waals surface area contributed by atoms with Crippen LogP contribution in [0.25, 0.3) is 0 Å². The van der Waals surface area contributed by atoms with Crippen LogP contribution >= 0.6 is 11.6 Å². The van der Waals surface area contributed by atoms with Gasteiger partial charge in [-0.05, 0) is 24.3 Å². The van der Waals surface area contributed by atoms with Crippen molar-refractivity contribution >= 4 is 23.6 Å². The molecule has 0 aliphatic heterocycles. The van der Waals surface area contributed by atoms with E-state index in [1.54, 1.807) is 0 Å². The van der Waals surface area contributed by atoms with E-state index in [0.29, 0.717) is 12.4 Å². The first-order valence-corrected chi connectivity index (χ1v) is 6.49. The quantitative estimate of drug-likeness (QED) is 0.331. The Morgan fingerprint density at radius 1 is 1.21 bits per heavy atom. The first-order chi connectivity index (χ1) is 11.1. The molecule has 24 heavy (non-hydrogen) atoms. The summed E-state index contributed by atoms with van der Waals surface area (Å²) in [7, 11) is 0. The molecule has 0 unspecified atom stereocenters. The second-order valence-corrected chi connectivity index (χ2v) is 4.88. The first-order valence-electron chi connectivity index (χ1n) is 6.11. The van der Waals surface area contributed by atoms with Gasteiger partial charge < -0.3 is 4.74 Å². The molecule has 0 saturated heterocycles.